The fourth-order valence-corrected chi connectivity index (χ4v) is 6.22. The number of rotatable bonds is 7. The van der Waals surface area contributed by atoms with E-state index < -0.39 is 6.10 Å². The van der Waals surface area contributed by atoms with Gasteiger partial charge in [0.25, 0.3) is 5.91 Å². The van der Waals surface area contributed by atoms with Crippen LogP contribution in [0.25, 0.3) is 21.3 Å². The van der Waals surface area contributed by atoms with Crippen LogP contribution < -0.4 is 4.74 Å². The molecule has 0 aliphatic rings. The summed E-state index contributed by atoms with van der Waals surface area (Å²) in [5.74, 6) is 0.209. The van der Waals surface area contributed by atoms with E-state index in [1.807, 2.05) is 85.8 Å². The van der Waals surface area contributed by atoms with E-state index in [0.717, 1.165) is 32.3 Å². The average Bonchev–Trinajstić information content (AvgIpc) is 3.43. The summed E-state index contributed by atoms with van der Waals surface area (Å²) in [6.07, 6.45) is -0.472. The van der Waals surface area contributed by atoms with Crippen LogP contribution in [0.1, 0.15) is 38.7 Å². The zero-order valence-corrected chi connectivity index (χ0v) is 24.7. The Hall–Kier alpha value is -3.97. The van der Waals surface area contributed by atoms with E-state index >= 15 is 0 Å². The highest BCUT2D eigenvalue weighted by atomic mass is 35.5. The number of halogens is 2. The molecule has 0 spiro atoms. The number of benzene rings is 4. The first-order valence-corrected chi connectivity index (χ1v) is 14.7. The van der Waals surface area contributed by atoms with E-state index in [0.29, 0.717) is 39.1 Å². The number of carbonyl (C=O) groups is 1. The van der Waals surface area contributed by atoms with Crippen molar-refractivity contribution in [2.45, 2.75) is 19.6 Å². The summed E-state index contributed by atoms with van der Waals surface area (Å²) in [6.45, 7) is 2.30. The SMILES string of the molecule is Cc1cc(C(=O)N(C)Cc2cc(Cl)cc(Cl)c2)c(OC(c2ccccc2)c2ccccc2)c2nc3ncsc3cc12. The lowest BCUT2D eigenvalue weighted by atomic mass is 9.99. The van der Waals surface area contributed by atoms with Gasteiger partial charge in [0.1, 0.15) is 11.6 Å². The minimum atomic E-state index is -0.472. The van der Waals surface area contributed by atoms with Gasteiger partial charge >= 0.3 is 0 Å². The van der Waals surface area contributed by atoms with Crippen LogP contribution in [0.5, 0.6) is 5.75 Å². The van der Waals surface area contributed by atoms with E-state index in [4.69, 9.17) is 32.9 Å². The van der Waals surface area contributed by atoms with Gasteiger partial charge in [-0.1, -0.05) is 83.9 Å². The standard InChI is InChI=1S/C33H25Cl2N3O2S/c1-20-13-27(33(39)38(2)18-21-14-24(34)16-25(35)15-21)31(29-26(20)17-28-32(37-29)36-19-41-28)40-30(22-9-5-3-6-10-22)23-11-7-4-8-12-23/h3-17,19,30H,18H2,1-2H3. The van der Waals surface area contributed by atoms with Crippen molar-refractivity contribution in [3.8, 4) is 5.75 Å². The van der Waals surface area contributed by atoms with E-state index in [1.54, 1.807) is 23.5 Å². The zero-order valence-electron chi connectivity index (χ0n) is 22.3. The lowest BCUT2D eigenvalue weighted by Crippen LogP contribution is -2.27. The molecule has 8 heteroatoms. The second-order valence-electron chi connectivity index (χ2n) is 9.89. The van der Waals surface area contributed by atoms with Gasteiger partial charge in [0.15, 0.2) is 11.4 Å². The fraction of sp³-hybridized carbons (Fsp3) is 0.121. The monoisotopic (exact) mass is 597 g/mol. The maximum atomic E-state index is 14.1. The summed E-state index contributed by atoms with van der Waals surface area (Å²) in [4.78, 5) is 25.1. The van der Waals surface area contributed by atoms with Gasteiger partial charge in [-0.15, -0.1) is 11.3 Å². The first-order valence-electron chi connectivity index (χ1n) is 13.0. The number of amides is 1. The Kier molecular flexibility index (Phi) is 7.63. The lowest BCUT2D eigenvalue weighted by Gasteiger charge is -2.25. The lowest BCUT2D eigenvalue weighted by molar-refractivity contribution is 0.0779. The van der Waals surface area contributed by atoms with Gasteiger partial charge in [-0.25, -0.2) is 9.97 Å². The van der Waals surface area contributed by atoms with Crippen LogP contribution in [-0.2, 0) is 6.54 Å². The Morgan fingerprint density at radius 1 is 0.927 bits per heavy atom. The van der Waals surface area contributed by atoms with Gasteiger partial charge in [-0.05, 0) is 59.5 Å². The second kappa shape index (κ2) is 11.5. The predicted molar refractivity (Wildman–Crippen MR) is 167 cm³/mol. The van der Waals surface area contributed by atoms with Crippen molar-refractivity contribution in [1.82, 2.24) is 14.9 Å². The predicted octanol–water partition coefficient (Wildman–Crippen LogP) is 8.90. The number of nitrogens with zero attached hydrogens (tertiary/aromatic N) is 3. The molecule has 6 aromatic rings. The highest BCUT2D eigenvalue weighted by molar-refractivity contribution is 7.16. The molecule has 4 aromatic carbocycles. The highest BCUT2D eigenvalue weighted by Gasteiger charge is 2.26. The maximum absolute atomic E-state index is 14.1. The molecule has 0 N–H and O–H groups in total. The van der Waals surface area contributed by atoms with Crippen LogP contribution in [0.15, 0.2) is 96.5 Å². The van der Waals surface area contributed by atoms with Crippen LogP contribution >= 0.6 is 34.5 Å². The van der Waals surface area contributed by atoms with Crippen molar-refractivity contribution in [3.05, 3.63) is 134 Å². The Morgan fingerprint density at radius 2 is 1.56 bits per heavy atom. The van der Waals surface area contributed by atoms with Gasteiger partial charge in [0.2, 0.25) is 0 Å². The number of fused-ring (bicyclic) bond motifs is 2. The van der Waals surface area contributed by atoms with Crippen molar-refractivity contribution in [3.63, 3.8) is 0 Å². The number of hydrogen-bond acceptors (Lipinski definition) is 5. The normalized spacial score (nSPS) is 11.3. The quantitative estimate of drug-likeness (QED) is 0.184. The highest BCUT2D eigenvalue weighted by Crippen LogP contribution is 2.39. The van der Waals surface area contributed by atoms with Gasteiger partial charge in [-0.2, -0.15) is 0 Å². The molecule has 0 bridgehead atoms. The van der Waals surface area contributed by atoms with Crippen molar-refractivity contribution >= 4 is 61.7 Å². The summed E-state index contributed by atoms with van der Waals surface area (Å²) in [5, 5.41) is 1.95. The summed E-state index contributed by atoms with van der Waals surface area (Å²) in [5.41, 5.74) is 7.09. The molecular formula is C33H25Cl2N3O2S. The smallest absolute Gasteiger partial charge is 0.257 e. The number of carbonyl (C=O) groups excluding carboxylic acids is 1. The third-order valence-corrected chi connectivity index (χ3v) is 8.13. The third-order valence-electron chi connectivity index (χ3n) is 6.93. The minimum absolute atomic E-state index is 0.207. The Labute approximate surface area is 252 Å². The topological polar surface area (TPSA) is 55.3 Å². The molecular weight excluding hydrogens is 573 g/mol. The Balaban J connectivity index is 1.51. The summed E-state index contributed by atoms with van der Waals surface area (Å²) < 4.78 is 7.87. The molecule has 0 atom stereocenters. The molecule has 2 aromatic heterocycles. The number of ether oxygens (including phenoxy) is 1. The number of aromatic nitrogens is 2. The van der Waals surface area contributed by atoms with Crippen LogP contribution in [0, 0.1) is 6.92 Å². The average molecular weight is 599 g/mol. The molecule has 204 valence electrons. The van der Waals surface area contributed by atoms with E-state index in [-0.39, 0.29) is 5.91 Å². The summed E-state index contributed by atoms with van der Waals surface area (Å²) >= 11 is 14.0. The molecule has 0 unspecified atom stereocenters. The van der Waals surface area contributed by atoms with Crippen molar-refractivity contribution in [1.29, 1.82) is 0 Å². The first-order chi connectivity index (χ1) is 19.9. The van der Waals surface area contributed by atoms with Crippen LogP contribution in [0.4, 0.5) is 0 Å². The molecule has 6 rings (SSSR count). The number of aryl methyl sites for hydroxylation is 1. The van der Waals surface area contributed by atoms with Gasteiger partial charge in [-0.3, -0.25) is 4.79 Å². The molecule has 0 fully saturated rings. The number of thiazole rings is 1. The Bertz CT molecular complexity index is 1820. The molecule has 41 heavy (non-hydrogen) atoms. The fourth-order valence-electron chi connectivity index (χ4n) is 4.99. The van der Waals surface area contributed by atoms with Crippen LogP contribution in [-0.4, -0.2) is 27.8 Å². The van der Waals surface area contributed by atoms with E-state index in [1.165, 1.54) is 11.3 Å². The first kappa shape index (κ1) is 27.2. The van der Waals surface area contributed by atoms with Gasteiger partial charge in [0, 0.05) is 29.0 Å². The van der Waals surface area contributed by atoms with Crippen molar-refractivity contribution in [2.75, 3.05) is 7.05 Å². The Morgan fingerprint density at radius 3 is 2.20 bits per heavy atom. The third kappa shape index (κ3) is 5.64. The van der Waals surface area contributed by atoms with Crippen molar-refractivity contribution in [2.24, 2.45) is 0 Å². The van der Waals surface area contributed by atoms with Gasteiger partial charge in [0.05, 0.1) is 15.8 Å². The molecule has 2 heterocycles. The molecule has 0 saturated carbocycles. The summed E-state index contributed by atoms with van der Waals surface area (Å²) in [6, 6.07) is 29.2. The minimum Gasteiger partial charge on any atom is -0.478 e. The maximum Gasteiger partial charge on any atom is 0.257 e. The van der Waals surface area contributed by atoms with Crippen LogP contribution in [0.2, 0.25) is 10.0 Å². The largest absolute Gasteiger partial charge is 0.478 e. The van der Waals surface area contributed by atoms with E-state index in [9.17, 15) is 4.79 Å². The van der Waals surface area contributed by atoms with Gasteiger partial charge < -0.3 is 9.64 Å². The molecule has 0 radical (unpaired) electrons. The number of pyridine rings is 1. The second-order valence-corrected chi connectivity index (χ2v) is 11.6. The molecule has 0 saturated heterocycles. The number of hydrogen-bond donors (Lipinski definition) is 0. The van der Waals surface area contributed by atoms with Crippen LogP contribution in [0.3, 0.4) is 0 Å². The zero-order chi connectivity index (χ0) is 28.5. The summed E-state index contributed by atoms with van der Waals surface area (Å²) in [7, 11) is 1.75. The molecule has 0 aliphatic carbocycles. The van der Waals surface area contributed by atoms with E-state index in [2.05, 4.69) is 11.1 Å². The molecule has 0 aliphatic heterocycles. The molecule has 5 nitrogen and oxygen atoms in total. The molecule has 1 amide bonds. The van der Waals surface area contributed by atoms with Crippen molar-refractivity contribution < 1.29 is 9.53 Å².